The van der Waals surface area contributed by atoms with E-state index in [0.29, 0.717) is 32.6 Å². The van der Waals surface area contributed by atoms with Crippen LogP contribution in [0.1, 0.15) is 6.42 Å². The number of hydrogen-bond acceptors (Lipinski definition) is 4. The minimum absolute atomic E-state index is 0.166. The zero-order chi connectivity index (χ0) is 19.0. The highest BCUT2D eigenvalue weighted by molar-refractivity contribution is 6.07. The Bertz CT molecular complexity index is 914. The minimum atomic E-state index is -0.813. The molecule has 6 nitrogen and oxygen atoms in total. The highest BCUT2D eigenvalue weighted by Crippen LogP contribution is 2.29. The van der Waals surface area contributed by atoms with Crippen LogP contribution in [-0.2, 0) is 11.3 Å². The number of hydrogen-bond donors (Lipinski definition) is 3. The van der Waals surface area contributed by atoms with Gasteiger partial charge in [-0.15, -0.1) is 0 Å². The van der Waals surface area contributed by atoms with E-state index >= 15 is 0 Å². The molecule has 0 bridgehead atoms. The number of aliphatic hydroxyl groups excluding tert-OH is 1. The first-order valence-corrected chi connectivity index (χ1v) is 9.37. The van der Waals surface area contributed by atoms with Crippen molar-refractivity contribution < 1.29 is 15.0 Å². The van der Waals surface area contributed by atoms with Gasteiger partial charge in [0.2, 0.25) is 0 Å². The molecule has 0 saturated carbocycles. The summed E-state index contributed by atoms with van der Waals surface area (Å²) in [6, 6.07) is 16.2. The summed E-state index contributed by atoms with van der Waals surface area (Å²) in [4.78, 5) is 13.3. The van der Waals surface area contributed by atoms with Gasteiger partial charge >= 0.3 is 5.97 Å². The van der Waals surface area contributed by atoms with E-state index in [4.69, 9.17) is 5.73 Å². The molecule has 3 aromatic rings. The highest BCUT2D eigenvalue weighted by Gasteiger charge is 2.30. The van der Waals surface area contributed by atoms with E-state index in [-0.39, 0.29) is 6.04 Å². The second-order valence-electron chi connectivity index (χ2n) is 7.55. The van der Waals surface area contributed by atoms with Crippen molar-refractivity contribution in [1.29, 1.82) is 0 Å². The Labute approximate surface area is 157 Å². The van der Waals surface area contributed by atoms with E-state index in [1.807, 2.05) is 29.2 Å². The quantitative estimate of drug-likeness (QED) is 0.641. The first-order valence-electron chi connectivity index (χ1n) is 9.37. The number of carboxylic acids is 1. The molecule has 1 aliphatic rings. The van der Waals surface area contributed by atoms with Crippen LogP contribution in [0, 0.1) is 5.92 Å². The summed E-state index contributed by atoms with van der Waals surface area (Å²) in [5.41, 5.74) is 8.21. The molecule has 1 aromatic heterocycles. The van der Waals surface area contributed by atoms with Gasteiger partial charge in [-0.3, -0.25) is 9.69 Å². The number of carbonyl (C=O) groups is 1. The molecule has 2 heterocycles. The first kappa shape index (κ1) is 18.0. The van der Waals surface area contributed by atoms with Crippen LogP contribution in [-0.4, -0.2) is 57.4 Å². The van der Waals surface area contributed by atoms with Crippen molar-refractivity contribution in [1.82, 2.24) is 9.47 Å². The molecule has 0 radical (unpaired) electrons. The van der Waals surface area contributed by atoms with Gasteiger partial charge in [-0.05, 0) is 18.6 Å². The first-order chi connectivity index (χ1) is 13.0. The Balaban J connectivity index is 1.56. The van der Waals surface area contributed by atoms with Gasteiger partial charge in [-0.25, -0.2) is 0 Å². The Morgan fingerprint density at radius 2 is 1.63 bits per heavy atom. The molecular weight excluding hydrogens is 342 g/mol. The number of rotatable bonds is 5. The minimum Gasteiger partial charge on any atom is -0.481 e. The van der Waals surface area contributed by atoms with Crippen LogP contribution in [0.4, 0.5) is 0 Å². The van der Waals surface area contributed by atoms with Crippen molar-refractivity contribution in [2.24, 2.45) is 11.7 Å². The number of β-amino-alcohol motifs (C(OH)–C–C–N with tert-alkyl or cyclic N) is 1. The van der Waals surface area contributed by atoms with Crippen molar-refractivity contribution in [3.63, 3.8) is 0 Å². The van der Waals surface area contributed by atoms with E-state index in [9.17, 15) is 15.0 Å². The van der Waals surface area contributed by atoms with Gasteiger partial charge in [0.05, 0.1) is 18.6 Å². The maximum atomic E-state index is 11.3. The van der Waals surface area contributed by atoms with Crippen molar-refractivity contribution in [3.8, 4) is 0 Å². The van der Waals surface area contributed by atoms with Crippen LogP contribution in [0.25, 0.3) is 21.8 Å². The smallest absolute Gasteiger partial charge is 0.307 e. The second-order valence-corrected chi connectivity index (χ2v) is 7.55. The molecule has 3 unspecified atom stereocenters. The van der Waals surface area contributed by atoms with Crippen molar-refractivity contribution >= 4 is 27.8 Å². The van der Waals surface area contributed by atoms with Crippen LogP contribution >= 0.6 is 0 Å². The van der Waals surface area contributed by atoms with Gasteiger partial charge in [0.1, 0.15) is 0 Å². The summed E-state index contributed by atoms with van der Waals surface area (Å²) >= 11 is 0. The fourth-order valence-electron chi connectivity index (χ4n) is 4.33. The third-order valence-corrected chi connectivity index (χ3v) is 5.45. The van der Waals surface area contributed by atoms with Gasteiger partial charge in [-0.1, -0.05) is 36.4 Å². The van der Waals surface area contributed by atoms with Gasteiger partial charge < -0.3 is 20.5 Å². The highest BCUT2D eigenvalue weighted by atomic mass is 16.4. The Morgan fingerprint density at radius 3 is 2.22 bits per heavy atom. The number of piperidine rings is 1. The molecule has 0 amide bonds. The van der Waals surface area contributed by atoms with Gasteiger partial charge in [0.15, 0.2) is 0 Å². The second kappa shape index (κ2) is 7.31. The summed E-state index contributed by atoms with van der Waals surface area (Å²) in [5, 5.41) is 22.4. The molecule has 2 aromatic carbocycles. The maximum absolute atomic E-state index is 11.3. The fourth-order valence-corrected chi connectivity index (χ4v) is 4.33. The molecule has 6 heteroatoms. The van der Waals surface area contributed by atoms with Crippen LogP contribution < -0.4 is 5.73 Å². The summed E-state index contributed by atoms with van der Waals surface area (Å²) in [7, 11) is 0. The third-order valence-electron chi connectivity index (χ3n) is 5.45. The van der Waals surface area contributed by atoms with Gasteiger partial charge in [0.25, 0.3) is 0 Å². The zero-order valence-electron chi connectivity index (χ0n) is 15.2. The number of carboxylic acid groups (broad SMARTS) is 1. The van der Waals surface area contributed by atoms with Crippen LogP contribution in [0.3, 0.4) is 0 Å². The number of fused-ring (bicyclic) bond motifs is 3. The molecule has 1 aliphatic heterocycles. The maximum Gasteiger partial charge on any atom is 0.307 e. The number of nitrogens with two attached hydrogens (primary N) is 1. The lowest BCUT2D eigenvalue weighted by atomic mass is 9.94. The predicted octanol–water partition coefficient (Wildman–Crippen LogP) is 1.89. The van der Waals surface area contributed by atoms with Crippen molar-refractivity contribution in [2.45, 2.75) is 25.1 Å². The molecule has 1 fully saturated rings. The van der Waals surface area contributed by atoms with Crippen LogP contribution in [0.5, 0.6) is 0 Å². The monoisotopic (exact) mass is 367 g/mol. The van der Waals surface area contributed by atoms with Crippen molar-refractivity contribution in [2.75, 3.05) is 19.6 Å². The average Bonchev–Trinajstić information content (AvgIpc) is 2.95. The number of para-hydroxylation sites is 2. The molecule has 4 N–H and O–H groups in total. The number of nitrogens with zero attached hydrogens (tertiary/aromatic N) is 2. The van der Waals surface area contributed by atoms with Crippen molar-refractivity contribution in [3.05, 3.63) is 48.5 Å². The predicted molar refractivity (Wildman–Crippen MR) is 106 cm³/mol. The number of aliphatic hydroxyl groups is 1. The molecule has 1 saturated heterocycles. The molecule has 4 rings (SSSR count). The molecule has 142 valence electrons. The summed E-state index contributed by atoms with van der Waals surface area (Å²) in [6.45, 7) is 1.93. The van der Waals surface area contributed by atoms with Crippen LogP contribution in [0.15, 0.2) is 48.5 Å². The van der Waals surface area contributed by atoms with E-state index in [2.05, 4.69) is 28.8 Å². The molecule has 0 spiro atoms. The van der Waals surface area contributed by atoms with E-state index < -0.39 is 18.0 Å². The molecule has 0 aliphatic carbocycles. The largest absolute Gasteiger partial charge is 0.481 e. The number of aromatic nitrogens is 1. The van der Waals surface area contributed by atoms with E-state index in [1.165, 1.54) is 10.8 Å². The lowest BCUT2D eigenvalue weighted by Crippen LogP contribution is -2.51. The standard InChI is InChI=1S/C21H25N3O3/c22-15-9-14(21(26)27)10-23(11-15)12-16(25)13-24-19-7-3-1-5-17(19)18-6-2-4-8-20(18)24/h1-8,14-16,25H,9-13,22H2,(H,26,27). The Hall–Kier alpha value is -2.41. The van der Waals surface area contributed by atoms with E-state index in [1.54, 1.807) is 0 Å². The lowest BCUT2D eigenvalue weighted by Gasteiger charge is -2.35. The fraction of sp³-hybridized carbons (Fsp3) is 0.381. The average molecular weight is 367 g/mol. The molecule has 27 heavy (non-hydrogen) atoms. The van der Waals surface area contributed by atoms with Gasteiger partial charge in [0, 0.05) is 47.5 Å². The Morgan fingerprint density at radius 1 is 1.04 bits per heavy atom. The lowest BCUT2D eigenvalue weighted by molar-refractivity contribution is -0.144. The third kappa shape index (κ3) is 3.56. The number of benzene rings is 2. The summed E-state index contributed by atoms with van der Waals surface area (Å²) in [5.74, 6) is -1.28. The van der Waals surface area contributed by atoms with Gasteiger partial charge in [-0.2, -0.15) is 0 Å². The van der Waals surface area contributed by atoms with E-state index in [0.717, 1.165) is 11.0 Å². The normalized spacial score (nSPS) is 22.3. The van der Waals surface area contributed by atoms with Crippen LogP contribution in [0.2, 0.25) is 0 Å². The number of likely N-dealkylation sites (tertiary alicyclic amines) is 1. The summed E-state index contributed by atoms with van der Waals surface area (Å²) in [6.07, 6.45) is -0.113. The Kier molecular flexibility index (Phi) is 4.86. The number of aliphatic carboxylic acids is 1. The SMILES string of the molecule is NC1CC(C(=O)O)CN(CC(O)Cn2c3ccccc3c3ccccc32)C1. The molecular formula is C21H25N3O3. The molecule has 3 atom stereocenters. The summed E-state index contributed by atoms with van der Waals surface area (Å²) < 4.78 is 2.15. The topological polar surface area (TPSA) is 91.7 Å². The zero-order valence-corrected chi connectivity index (χ0v) is 15.2.